The van der Waals surface area contributed by atoms with Gasteiger partial charge in [-0.2, -0.15) is 10.2 Å². The number of alkyl halides is 2. The minimum absolute atomic E-state index is 0.116. The molecule has 1 amide bonds. The quantitative estimate of drug-likeness (QED) is 0.200. The summed E-state index contributed by atoms with van der Waals surface area (Å²) < 4.78 is 48.9. The molecular weight excluding hydrogens is 571 g/mol. The Morgan fingerprint density at radius 1 is 1.19 bits per heavy atom. The van der Waals surface area contributed by atoms with Crippen molar-refractivity contribution in [3.63, 3.8) is 0 Å². The van der Waals surface area contributed by atoms with E-state index in [0.29, 0.717) is 39.0 Å². The molecule has 5 rings (SSSR count). The fourth-order valence-corrected chi connectivity index (χ4v) is 4.69. The zero-order valence-corrected chi connectivity index (χ0v) is 22.5. The van der Waals surface area contributed by atoms with E-state index in [4.69, 9.17) is 22.1 Å². The van der Waals surface area contributed by atoms with Crippen molar-refractivity contribution in [2.45, 2.75) is 6.43 Å². The Hall–Kier alpha value is -5.41. The fraction of sp³-hybridized carbons (Fsp3) is 0.0690. The van der Waals surface area contributed by atoms with Gasteiger partial charge in [-0.15, -0.1) is 0 Å². The summed E-state index contributed by atoms with van der Waals surface area (Å²) in [7, 11) is 1.74. The lowest BCUT2D eigenvalue weighted by Crippen LogP contribution is -2.06. The van der Waals surface area contributed by atoms with Crippen molar-refractivity contribution in [2.75, 3.05) is 11.1 Å². The number of amides is 1. The number of fused-ring (bicyclic) bond motifs is 1. The molecule has 0 radical (unpaired) electrons. The molecule has 5 aromatic rings. The Balaban J connectivity index is 1.65. The third-order valence-corrected chi connectivity index (χ3v) is 6.64. The summed E-state index contributed by atoms with van der Waals surface area (Å²) in [6, 6.07) is 12.5. The van der Waals surface area contributed by atoms with Crippen molar-refractivity contribution in [3.8, 4) is 40.2 Å². The van der Waals surface area contributed by atoms with Gasteiger partial charge in [0.1, 0.15) is 17.6 Å². The number of rotatable bonds is 7. The molecule has 0 fully saturated rings. The topological polar surface area (TPSA) is 132 Å². The molecule has 0 spiro atoms. The molecule has 210 valence electrons. The van der Waals surface area contributed by atoms with E-state index in [1.54, 1.807) is 35.9 Å². The number of halogens is 4. The van der Waals surface area contributed by atoms with Crippen LogP contribution in [0.15, 0.2) is 67.5 Å². The average Bonchev–Trinajstić information content (AvgIpc) is 3.29. The normalized spacial score (nSPS) is 11.0. The number of carbonyl (C=O) groups is 1. The summed E-state index contributed by atoms with van der Waals surface area (Å²) in [4.78, 5) is 23.2. The fourth-order valence-electron chi connectivity index (χ4n) is 4.52. The van der Waals surface area contributed by atoms with Crippen LogP contribution < -0.4 is 15.8 Å². The van der Waals surface area contributed by atoms with Crippen LogP contribution in [0.3, 0.4) is 0 Å². The number of nitrogen functional groups attached to an aromatic ring is 1. The maximum atomic E-state index is 15.4. The number of aryl methyl sites for hydroxylation is 1. The molecule has 2 aromatic carbocycles. The Bertz CT molecular complexity index is 1920. The van der Waals surface area contributed by atoms with Crippen LogP contribution in [-0.4, -0.2) is 25.4 Å². The first-order valence-electron chi connectivity index (χ1n) is 12.1. The number of ether oxygens (including phenoxy) is 1. The molecule has 3 heterocycles. The molecule has 0 saturated heterocycles. The number of hydrogen-bond acceptors (Lipinski definition) is 7. The molecule has 13 heteroatoms. The Kier molecular flexibility index (Phi) is 7.52. The Morgan fingerprint density at radius 2 is 1.90 bits per heavy atom. The van der Waals surface area contributed by atoms with Crippen molar-refractivity contribution in [1.29, 1.82) is 5.26 Å². The van der Waals surface area contributed by atoms with Crippen LogP contribution in [0, 0.1) is 17.1 Å². The van der Waals surface area contributed by atoms with Gasteiger partial charge < -0.3 is 20.4 Å². The highest BCUT2D eigenvalue weighted by molar-refractivity contribution is 6.31. The molecule has 0 aliphatic rings. The van der Waals surface area contributed by atoms with Crippen molar-refractivity contribution < 1.29 is 22.7 Å². The zero-order chi connectivity index (χ0) is 30.1. The van der Waals surface area contributed by atoms with Crippen LogP contribution in [0.1, 0.15) is 17.7 Å². The van der Waals surface area contributed by atoms with Gasteiger partial charge in [0.25, 0.3) is 6.43 Å². The van der Waals surface area contributed by atoms with Gasteiger partial charge in [0.2, 0.25) is 5.91 Å². The van der Waals surface area contributed by atoms with Crippen LogP contribution in [-0.2, 0) is 11.8 Å². The van der Waals surface area contributed by atoms with Gasteiger partial charge in [-0.05, 0) is 41.5 Å². The van der Waals surface area contributed by atoms with Crippen LogP contribution in [0.2, 0.25) is 5.02 Å². The van der Waals surface area contributed by atoms with Crippen LogP contribution in [0.5, 0.6) is 11.8 Å². The van der Waals surface area contributed by atoms with E-state index >= 15 is 4.39 Å². The maximum absolute atomic E-state index is 15.4. The summed E-state index contributed by atoms with van der Waals surface area (Å²) >= 11 is 5.71. The van der Waals surface area contributed by atoms with Crippen LogP contribution >= 0.6 is 11.6 Å². The van der Waals surface area contributed by atoms with Crippen LogP contribution in [0.25, 0.3) is 33.3 Å². The summed E-state index contributed by atoms with van der Waals surface area (Å²) in [5.74, 6) is -1.43. The van der Waals surface area contributed by atoms with Gasteiger partial charge in [0, 0.05) is 24.5 Å². The second-order valence-corrected chi connectivity index (χ2v) is 9.29. The number of nitrogens with one attached hydrogen (secondary N) is 1. The highest BCUT2D eigenvalue weighted by Crippen LogP contribution is 2.44. The summed E-state index contributed by atoms with van der Waals surface area (Å²) in [6.07, 6.45) is 0.464. The smallest absolute Gasteiger partial charge is 0.322 e. The number of hydrogen-bond donors (Lipinski definition) is 2. The first-order valence-corrected chi connectivity index (χ1v) is 12.5. The SMILES string of the molecule is C=CC(=O)Nc1ccc(-c2c(-c3ccc(Oc4ncc(Cl)c(C(F)F)n4)c(F)c3)c3c(N)ncc(C#N)c3n2C)cc1. The largest absolute Gasteiger partial charge is 0.421 e. The number of nitrogens with two attached hydrogens (primary N) is 1. The second-order valence-electron chi connectivity index (χ2n) is 8.88. The van der Waals surface area contributed by atoms with E-state index in [0.717, 1.165) is 12.3 Å². The molecule has 3 N–H and O–H groups in total. The van der Waals surface area contributed by atoms with Gasteiger partial charge in [-0.1, -0.05) is 36.4 Å². The van der Waals surface area contributed by atoms with Gasteiger partial charge in [-0.3, -0.25) is 4.79 Å². The van der Waals surface area contributed by atoms with E-state index in [2.05, 4.69) is 32.9 Å². The lowest BCUT2D eigenvalue weighted by molar-refractivity contribution is -0.111. The summed E-state index contributed by atoms with van der Waals surface area (Å²) in [6.45, 7) is 3.44. The van der Waals surface area contributed by atoms with Gasteiger partial charge in [0.15, 0.2) is 11.6 Å². The average molecular weight is 590 g/mol. The van der Waals surface area contributed by atoms with Gasteiger partial charge in [0.05, 0.1) is 33.4 Å². The van der Waals surface area contributed by atoms with Crippen LogP contribution in [0.4, 0.5) is 24.7 Å². The first-order chi connectivity index (χ1) is 20.1. The van der Waals surface area contributed by atoms with Crippen molar-refractivity contribution in [1.82, 2.24) is 19.5 Å². The molecule has 0 atom stereocenters. The third kappa shape index (κ3) is 5.09. The van der Waals surface area contributed by atoms with Crippen molar-refractivity contribution >= 4 is 39.9 Å². The highest BCUT2D eigenvalue weighted by Gasteiger charge is 2.24. The minimum atomic E-state index is -2.98. The van der Waals surface area contributed by atoms with Crippen molar-refractivity contribution in [3.05, 3.63) is 89.6 Å². The number of nitrogens with zero attached hydrogens (tertiary/aromatic N) is 5. The lowest BCUT2D eigenvalue weighted by Gasteiger charge is -2.12. The monoisotopic (exact) mass is 589 g/mol. The number of anilines is 2. The van der Waals surface area contributed by atoms with Gasteiger partial charge in [-0.25, -0.2) is 23.1 Å². The second kappa shape index (κ2) is 11.2. The molecule has 0 aliphatic carbocycles. The number of carbonyl (C=O) groups excluding carboxylic acids is 1. The highest BCUT2D eigenvalue weighted by atomic mass is 35.5. The number of nitriles is 1. The molecule has 9 nitrogen and oxygen atoms in total. The number of benzene rings is 2. The molecule has 0 saturated carbocycles. The predicted octanol–water partition coefficient (Wildman–Crippen LogP) is 6.80. The van der Waals surface area contributed by atoms with E-state index in [9.17, 15) is 18.8 Å². The lowest BCUT2D eigenvalue weighted by atomic mass is 9.97. The molecule has 3 aromatic heterocycles. The molecule has 42 heavy (non-hydrogen) atoms. The maximum Gasteiger partial charge on any atom is 0.322 e. The predicted molar refractivity (Wildman–Crippen MR) is 152 cm³/mol. The number of pyridine rings is 1. The molecular formula is C29H19ClF3N7O2. The van der Waals surface area contributed by atoms with E-state index in [1.165, 1.54) is 24.4 Å². The van der Waals surface area contributed by atoms with E-state index in [1.807, 2.05) is 0 Å². The first kappa shape index (κ1) is 28.1. The standard InChI is InChI=1S/C29H19ClF3N7O2/c1-3-21(41)38-17-7-4-14(5-8-17)25-22(23-26(40(25)2)16(11-34)12-36-28(23)35)15-6-9-20(19(31)10-15)42-29-37-13-18(30)24(39-29)27(32)33/h3-10,12-13,27H,1H2,2H3,(H2,35,36)(H,38,41). The van der Waals surface area contributed by atoms with E-state index in [-0.39, 0.29) is 28.1 Å². The van der Waals surface area contributed by atoms with E-state index < -0.39 is 23.9 Å². The molecule has 0 unspecified atom stereocenters. The minimum Gasteiger partial charge on any atom is -0.421 e. The summed E-state index contributed by atoms with van der Waals surface area (Å²) in [5, 5.41) is 12.5. The Labute approximate surface area is 241 Å². The molecule has 0 aliphatic heterocycles. The van der Waals surface area contributed by atoms with Crippen molar-refractivity contribution in [2.24, 2.45) is 7.05 Å². The third-order valence-electron chi connectivity index (χ3n) is 6.35. The molecule has 0 bridgehead atoms. The van der Waals surface area contributed by atoms with Gasteiger partial charge >= 0.3 is 6.01 Å². The number of aromatic nitrogens is 4. The summed E-state index contributed by atoms with van der Waals surface area (Å²) in [5.41, 5.74) is 8.89. The zero-order valence-electron chi connectivity index (χ0n) is 21.7. The Morgan fingerprint density at radius 3 is 2.55 bits per heavy atom.